The summed E-state index contributed by atoms with van der Waals surface area (Å²) in [7, 11) is 1.27. The normalized spacial score (nSPS) is 9.81. The van der Waals surface area contributed by atoms with E-state index in [1.54, 1.807) is 6.07 Å². The Balaban J connectivity index is 2.00. The third-order valence-electron chi connectivity index (χ3n) is 2.60. The number of hydrogen-bond acceptors (Lipinski definition) is 4. The van der Waals surface area contributed by atoms with E-state index in [0.29, 0.717) is 5.56 Å². The molecule has 5 nitrogen and oxygen atoms in total. The van der Waals surface area contributed by atoms with Crippen molar-refractivity contribution in [2.45, 2.75) is 0 Å². The Kier molecular flexibility index (Phi) is 4.50. The maximum Gasteiger partial charge on any atom is 0.417 e. The van der Waals surface area contributed by atoms with Crippen molar-refractivity contribution in [2.75, 3.05) is 12.4 Å². The van der Waals surface area contributed by atoms with Crippen molar-refractivity contribution in [3.05, 3.63) is 59.9 Å². The summed E-state index contributed by atoms with van der Waals surface area (Å²) in [5, 5.41) is 2.28. The molecule has 2 aromatic rings. The van der Waals surface area contributed by atoms with Gasteiger partial charge in [-0.3, -0.25) is 5.32 Å². The largest absolute Gasteiger partial charge is 0.465 e. The first-order valence-electron chi connectivity index (χ1n) is 6.02. The van der Waals surface area contributed by atoms with Gasteiger partial charge in [-0.05, 0) is 36.4 Å². The molecule has 1 N–H and O–H groups in total. The fourth-order valence-corrected chi connectivity index (χ4v) is 1.58. The molecule has 6 heteroatoms. The highest BCUT2D eigenvalue weighted by molar-refractivity contribution is 5.90. The molecule has 0 aliphatic heterocycles. The molecule has 0 radical (unpaired) electrons. The number of rotatable bonds is 3. The summed E-state index contributed by atoms with van der Waals surface area (Å²) in [5.41, 5.74) is 0.355. The van der Waals surface area contributed by atoms with Crippen LogP contribution in [-0.2, 0) is 4.74 Å². The molecule has 21 heavy (non-hydrogen) atoms. The number of halogens is 1. The van der Waals surface area contributed by atoms with Crippen LogP contribution in [0.2, 0.25) is 0 Å². The number of methoxy groups -OCH3 is 1. The number of carbonyl (C=O) groups excluding carboxylic acids is 2. The molecule has 0 heterocycles. The van der Waals surface area contributed by atoms with E-state index in [4.69, 9.17) is 4.74 Å². The van der Waals surface area contributed by atoms with Crippen molar-refractivity contribution in [3.8, 4) is 5.75 Å². The molecule has 2 rings (SSSR count). The van der Waals surface area contributed by atoms with Crippen LogP contribution in [-0.4, -0.2) is 19.2 Å². The molecular weight excluding hydrogens is 277 g/mol. The molecule has 2 aromatic carbocycles. The van der Waals surface area contributed by atoms with Gasteiger partial charge in [0.05, 0.1) is 18.4 Å². The van der Waals surface area contributed by atoms with Gasteiger partial charge in [0.25, 0.3) is 0 Å². The SMILES string of the molecule is COC(=O)c1ccc(OC(=O)Nc2ccccc2F)cc1. The Hall–Kier alpha value is -2.89. The van der Waals surface area contributed by atoms with Crippen LogP contribution >= 0.6 is 0 Å². The molecule has 108 valence electrons. The summed E-state index contributed by atoms with van der Waals surface area (Å²) >= 11 is 0. The van der Waals surface area contributed by atoms with Crippen molar-refractivity contribution in [1.82, 2.24) is 0 Å². The van der Waals surface area contributed by atoms with Crippen LogP contribution in [0.25, 0.3) is 0 Å². The number of nitrogens with one attached hydrogen (secondary N) is 1. The summed E-state index contributed by atoms with van der Waals surface area (Å²) in [4.78, 5) is 22.9. The van der Waals surface area contributed by atoms with E-state index in [0.717, 1.165) is 0 Å². The summed E-state index contributed by atoms with van der Waals surface area (Å²) in [6.07, 6.45) is -0.828. The zero-order valence-corrected chi connectivity index (χ0v) is 11.1. The van der Waals surface area contributed by atoms with E-state index in [2.05, 4.69) is 10.1 Å². The lowest BCUT2D eigenvalue weighted by molar-refractivity contribution is 0.0600. The Bertz CT molecular complexity index is 655. The first-order chi connectivity index (χ1) is 10.1. The minimum Gasteiger partial charge on any atom is -0.465 e. The maximum absolute atomic E-state index is 13.3. The van der Waals surface area contributed by atoms with E-state index < -0.39 is 17.9 Å². The third-order valence-corrected chi connectivity index (χ3v) is 2.60. The van der Waals surface area contributed by atoms with Gasteiger partial charge in [0.2, 0.25) is 0 Å². The Morgan fingerprint density at radius 2 is 1.71 bits per heavy atom. The molecule has 0 aromatic heterocycles. The fraction of sp³-hybridized carbons (Fsp3) is 0.0667. The molecule has 0 saturated heterocycles. The van der Waals surface area contributed by atoms with Crippen LogP contribution in [0.5, 0.6) is 5.75 Å². The highest BCUT2D eigenvalue weighted by Crippen LogP contribution is 2.16. The molecule has 0 aliphatic rings. The van der Waals surface area contributed by atoms with Crippen molar-refractivity contribution < 1.29 is 23.5 Å². The lowest BCUT2D eigenvalue weighted by Crippen LogP contribution is -2.17. The summed E-state index contributed by atoms with van der Waals surface area (Å²) < 4.78 is 22.9. The number of anilines is 1. The average molecular weight is 289 g/mol. The number of hydrogen-bond donors (Lipinski definition) is 1. The number of carbonyl (C=O) groups is 2. The zero-order chi connectivity index (χ0) is 15.2. The van der Waals surface area contributed by atoms with Gasteiger partial charge in [-0.1, -0.05) is 12.1 Å². The van der Waals surface area contributed by atoms with Crippen LogP contribution in [0.1, 0.15) is 10.4 Å². The molecule has 0 atom stereocenters. The summed E-state index contributed by atoms with van der Waals surface area (Å²) in [6.45, 7) is 0. The van der Waals surface area contributed by atoms with Gasteiger partial charge in [-0.25, -0.2) is 14.0 Å². The van der Waals surface area contributed by atoms with Crippen molar-refractivity contribution >= 4 is 17.7 Å². The van der Waals surface area contributed by atoms with Crippen LogP contribution in [0, 0.1) is 5.82 Å². The Morgan fingerprint density at radius 1 is 1.05 bits per heavy atom. The molecule has 0 fully saturated rings. The summed E-state index contributed by atoms with van der Waals surface area (Å²) in [6, 6.07) is 11.5. The molecule has 0 bridgehead atoms. The van der Waals surface area contributed by atoms with Crippen LogP contribution in [0.4, 0.5) is 14.9 Å². The predicted octanol–water partition coefficient (Wildman–Crippen LogP) is 3.22. The van der Waals surface area contributed by atoms with Crippen molar-refractivity contribution in [1.29, 1.82) is 0 Å². The monoisotopic (exact) mass is 289 g/mol. The van der Waals surface area contributed by atoms with E-state index in [1.165, 1.54) is 49.6 Å². The van der Waals surface area contributed by atoms with E-state index in [-0.39, 0.29) is 11.4 Å². The molecule has 1 amide bonds. The first kappa shape index (κ1) is 14.5. The van der Waals surface area contributed by atoms with E-state index in [9.17, 15) is 14.0 Å². The number of benzene rings is 2. The van der Waals surface area contributed by atoms with Gasteiger partial charge in [-0.2, -0.15) is 0 Å². The first-order valence-corrected chi connectivity index (χ1v) is 6.02. The second-order valence-electron chi connectivity index (χ2n) is 4.01. The zero-order valence-electron chi connectivity index (χ0n) is 11.1. The number of esters is 1. The standard InChI is InChI=1S/C15H12FNO4/c1-20-14(18)10-6-8-11(9-7-10)21-15(19)17-13-5-3-2-4-12(13)16/h2-9H,1H3,(H,17,19). The molecule has 0 saturated carbocycles. The van der Waals surface area contributed by atoms with Gasteiger partial charge < -0.3 is 9.47 Å². The number of para-hydroxylation sites is 1. The Morgan fingerprint density at radius 3 is 2.33 bits per heavy atom. The molecule has 0 unspecified atom stereocenters. The van der Waals surface area contributed by atoms with Crippen LogP contribution in [0.3, 0.4) is 0 Å². The average Bonchev–Trinajstić information content (AvgIpc) is 2.49. The van der Waals surface area contributed by atoms with Gasteiger partial charge in [0, 0.05) is 0 Å². The smallest absolute Gasteiger partial charge is 0.417 e. The number of amides is 1. The quantitative estimate of drug-likeness (QED) is 0.881. The van der Waals surface area contributed by atoms with Gasteiger partial charge in [-0.15, -0.1) is 0 Å². The van der Waals surface area contributed by atoms with Crippen molar-refractivity contribution in [3.63, 3.8) is 0 Å². The van der Waals surface area contributed by atoms with Crippen LogP contribution < -0.4 is 10.1 Å². The third kappa shape index (κ3) is 3.79. The lowest BCUT2D eigenvalue weighted by Gasteiger charge is -2.07. The number of ether oxygens (including phenoxy) is 2. The van der Waals surface area contributed by atoms with Gasteiger partial charge >= 0.3 is 12.1 Å². The highest BCUT2D eigenvalue weighted by atomic mass is 19.1. The van der Waals surface area contributed by atoms with Crippen molar-refractivity contribution in [2.24, 2.45) is 0 Å². The molecule has 0 spiro atoms. The Labute approximate surface area is 120 Å². The van der Waals surface area contributed by atoms with E-state index >= 15 is 0 Å². The van der Waals surface area contributed by atoms with E-state index in [1.807, 2.05) is 0 Å². The highest BCUT2D eigenvalue weighted by Gasteiger charge is 2.09. The molecule has 0 aliphatic carbocycles. The second-order valence-corrected chi connectivity index (χ2v) is 4.01. The predicted molar refractivity (Wildman–Crippen MR) is 73.8 cm³/mol. The summed E-state index contributed by atoms with van der Waals surface area (Å²) in [5.74, 6) is -0.829. The van der Waals surface area contributed by atoms with Crippen LogP contribution in [0.15, 0.2) is 48.5 Å². The molecular formula is C15H12FNO4. The fourth-order valence-electron chi connectivity index (χ4n) is 1.58. The lowest BCUT2D eigenvalue weighted by atomic mass is 10.2. The van der Waals surface area contributed by atoms with Gasteiger partial charge in [0.15, 0.2) is 0 Å². The topological polar surface area (TPSA) is 64.6 Å². The maximum atomic E-state index is 13.3. The second kappa shape index (κ2) is 6.51. The van der Waals surface area contributed by atoms with Gasteiger partial charge in [0.1, 0.15) is 11.6 Å². The minimum atomic E-state index is -0.828. The minimum absolute atomic E-state index is 0.0219.